The fourth-order valence-corrected chi connectivity index (χ4v) is 1.24. The second-order valence-corrected chi connectivity index (χ2v) is 3.93. The molecule has 0 amide bonds. The molecular weight excluding hydrogens is 196 g/mol. The molecule has 0 radical (unpaired) electrons. The Labute approximate surface area is 91.6 Å². The average molecular weight is 218 g/mol. The van der Waals surface area contributed by atoms with Crippen molar-refractivity contribution < 1.29 is 19.4 Å². The first-order chi connectivity index (χ1) is 7.06. The summed E-state index contributed by atoms with van der Waals surface area (Å²) in [6.45, 7) is 5.45. The molecule has 1 unspecified atom stereocenters. The lowest BCUT2D eigenvalue weighted by atomic mass is 9.83. The zero-order chi connectivity index (χ0) is 11.7. The van der Waals surface area contributed by atoms with Gasteiger partial charge in [-0.15, -0.1) is 0 Å². The van der Waals surface area contributed by atoms with Crippen LogP contribution in [0.1, 0.15) is 33.1 Å². The summed E-state index contributed by atoms with van der Waals surface area (Å²) in [5, 5.41) is 9.01. The van der Waals surface area contributed by atoms with Crippen LogP contribution < -0.4 is 0 Å². The van der Waals surface area contributed by atoms with E-state index >= 15 is 0 Å². The Kier molecular flexibility index (Phi) is 7.34. The van der Waals surface area contributed by atoms with Gasteiger partial charge < -0.3 is 14.6 Å². The van der Waals surface area contributed by atoms with E-state index in [2.05, 4.69) is 0 Å². The van der Waals surface area contributed by atoms with E-state index in [-0.39, 0.29) is 0 Å². The summed E-state index contributed by atoms with van der Waals surface area (Å²) in [7, 11) is 1.63. The van der Waals surface area contributed by atoms with Gasteiger partial charge in [0.25, 0.3) is 0 Å². The number of carbonyl (C=O) groups is 1. The molecule has 0 aliphatic heterocycles. The molecule has 0 aliphatic carbocycles. The molecule has 0 fully saturated rings. The molecule has 0 aliphatic rings. The molecule has 0 bridgehead atoms. The number of rotatable bonds is 9. The minimum absolute atomic E-state index is 0.576. The summed E-state index contributed by atoms with van der Waals surface area (Å²) >= 11 is 0. The fourth-order valence-electron chi connectivity index (χ4n) is 1.24. The van der Waals surface area contributed by atoms with E-state index in [1.807, 2.05) is 6.92 Å². The minimum Gasteiger partial charge on any atom is -0.481 e. The van der Waals surface area contributed by atoms with Crippen molar-refractivity contribution in [1.82, 2.24) is 0 Å². The van der Waals surface area contributed by atoms with Crippen molar-refractivity contribution in [3.63, 3.8) is 0 Å². The summed E-state index contributed by atoms with van der Waals surface area (Å²) < 4.78 is 10.1. The zero-order valence-corrected chi connectivity index (χ0v) is 9.91. The van der Waals surface area contributed by atoms with E-state index in [0.717, 1.165) is 6.42 Å². The Bertz CT molecular complexity index is 181. The third kappa shape index (κ3) is 5.74. The van der Waals surface area contributed by atoms with Crippen LogP contribution in [-0.4, -0.2) is 38.0 Å². The lowest BCUT2D eigenvalue weighted by molar-refractivity contribution is -0.148. The standard InChI is InChI=1S/C11H22O4/c1-4-11(2,10(12)13)6-5-7-15-9-8-14-3/h4-9H2,1-3H3,(H,12,13). The summed E-state index contributed by atoms with van der Waals surface area (Å²) in [5.74, 6) is -0.720. The first-order valence-corrected chi connectivity index (χ1v) is 5.37. The van der Waals surface area contributed by atoms with Crippen molar-refractivity contribution in [2.24, 2.45) is 5.41 Å². The molecule has 0 rings (SSSR count). The summed E-state index contributed by atoms with van der Waals surface area (Å²) in [6.07, 6.45) is 2.09. The van der Waals surface area contributed by atoms with E-state index in [4.69, 9.17) is 14.6 Å². The lowest BCUT2D eigenvalue weighted by Crippen LogP contribution is -2.27. The van der Waals surface area contributed by atoms with Gasteiger partial charge in [-0.05, 0) is 26.2 Å². The molecule has 90 valence electrons. The Hall–Kier alpha value is -0.610. The smallest absolute Gasteiger partial charge is 0.309 e. The molecule has 1 N–H and O–H groups in total. The molecule has 4 nitrogen and oxygen atoms in total. The highest BCUT2D eigenvalue weighted by Crippen LogP contribution is 2.27. The summed E-state index contributed by atoms with van der Waals surface area (Å²) in [4.78, 5) is 11.0. The number of methoxy groups -OCH3 is 1. The number of ether oxygens (including phenoxy) is 2. The van der Waals surface area contributed by atoms with Crippen molar-refractivity contribution in [3.8, 4) is 0 Å². The molecule has 0 aromatic rings. The van der Waals surface area contributed by atoms with Gasteiger partial charge in [0.15, 0.2) is 0 Å². The largest absolute Gasteiger partial charge is 0.481 e. The number of hydrogen-bond acceptors (Lipinski definition) is 3. The molecule has 0 spiro atoms. The Morgan fingerprint density at radius 1 is 1.33 bits per heavy atom. The van der Waals surface area contributed by atoms with Crippen molar-refractivity contribution in [1.29, 1.82) is 0 Å². The van der Waals surface area contributed by atoms with Crippen LogP contribution in [0.5, 0.6) is 0 Å². The molecule has 0 aromatic carbocycles. The highest BCUT2D eigenvalue weighted by Gasteiger charge is 2.29. The van der Waals surface area contributed by atoms with Gasteiger partial charge in [-0.25, -0.2) is 0 Å². The average Bonchev–Trinajstić information content (AvgIpc) is 2.22. The van der Waals surface area contributed by atoms with Crippen LogP contribution in [-0.2, 0) is 14.3 Å². The molecular formula is C11H22O4. The maximum atomic E-state index is 11.0. The van der Waals surface area contributed by atoms with Crippen LogP contribution in [0.4, 0.5) is 0 Å². The van der Waals surface area contributed by atoms with Crippen LogP contribution in [0.25, 0.3) is 0 Å². The predicted octanol–water partition coefficient (Wildman–Crippen LogP) is 1.93. The van der Waals surface area contributed by atoms with Gasteiger partial charge in [0, 0.05) is 13.7 Å². The van der Waals surface area contributed by atoms with Crippen molar-refractivity contribution in [2.45, 2.75) is 33.1 Å². The van der Waals surface area contributed by atoms with E-state index in [1.54, 1.807) is 14.0 Å². The van der Waals surface area contributed by atoms with Gasteiger partial charge >= 0.3 is 5.97 Å². The van der Waals surface area contributed by atoms with Crippen LogP contribution >= 0.6 is 0 Å². The molecule has 4 heteroatoms. The molecule has 15 heavy (non-hydrogen) atoms. The Balaban J connectivity index is 3.60. The topological polar surface area (TPSA) is 55.8 Å². The fraction of sp³-hybridized carbons (Fsp3) is 0.909. The number of hydrogen-bond donors (Lipinski definition) is 1. The van der Waals surface area contributed by atoms with E-state index < -0.39 is 11.4 Å². The number of carboxylic acid groups (broad SMARTS) is 1. The second-order valence-electron chi connectivity index (χ2n) is 3.93. The minimum atomic E-state index is -0.720. The third-order valence-electron chi connectivity index (χ3n) is 2.75. The first kappa shape index (κ1) is 14.4. The summed E-state index contributed by atoms with van der Waals surface area (Å²) in [5.41, 5.74) is -0.607. The highest BCUT2D eigenvalue weighted by atomic mass is 16.5. The van der Waals surface area contributed by atoms with Crippen LogP contribution in [0.15, 0.2) is 0 Å². The van der Waals surface area contributed by atoms with Gasteiger partial charge in [-0.3, -0.25) is 4.79 Å². The van der Waals surface area contributed by atoms with Gasteiger partial charge in [-0.2, -0.15) is 0 Å². The van der Waals surface area contributed by atoms with Crippen LogP contribution in [0.2, 0.25) is 0 Å². The van der Waals surface area contributed by atoms with Crippen molar-refractivity contribution in [3.05, 3.63) is 0 Å². The zero-order valence-electron chi connectivity index (χ0n) is 9.91. The number of aliphatic carboxylic acids is 1. The quantitative estimate of drug-likeness (QED) is 0.601. The van der Waals surface area contributed by atoms with Crippen molar-refractivity contribution in [2.75, 3.05) is 26.9 Å². The van der Waals surface area contributed by atoms with Crippen molar-refractivity contribution >= 4 is 5.97 Å². The molecule has 0 aromatic heterocycles. The van der Waals surface area contributed by atoms with Gasteiger partial charge in [0.1, 0.15) is 0 Å². The molecule has 0 saturated heterocycles. The maximum absolute atomic E-state index is 11.0. The van der Waals surface area contributed by atoms with E-state index in [0.29, 0.717) is 32.7 Å². The monoisotopic (exact) mass is 218 g/mol. The second kappa shape index (κ2) is 7.65. The maximum Gasteiger partial charge on any atom is 0.309 e. The lowest BCUT2D eigenvalue weighted by Gasteiger charge is -2.22. The van der Waals surface area contributed by atoms with E-state index in [9.17, 15) is 4.79 Å². The molecule has 0 saturated carbocycles. The highest BCUT2D eigenvalue weighted by molar-refractivity contribution is 5.73. The normalized spacial score (nSPS) is 14.9. The van der Waals surface area contributed by atoms with Gasteiger partial charge in [-0.1, -0.05) is 6.92 Å². The Morgan fingerprint density at radius 3 is 2.47 bits per heavy atom. The third-order valence-corrected chi connectivity index (χ3v) is 2.75. The van der Waals surface area contributed by atoms with Gasteiger partial charge in [0.05, 0.1) is 18.6 Å². The predicted molar refractivity (Wildman–Crippen MR) is 58.0 cm³/mol. The van der Waals surface area contributed by atoms with Crippen LogP contribution in [0, 0.1) is 5.41 Å². The first-order valence-electron chi connectivity index (χ1n) is 5.37. The molecule has 1 atom stereocenters. The van der Waals surface area contributed by atoms with Gasteiger partial charge in [0.2, 0.25) is 0 Å². The number of carboxylic acids is 1. The SMILES string of the molecule is CCC(C)(CCCOCCOC)C(=O)O. The Morgan fingerprint density at radius 2 is 2.00 bits per heavy atom. The van der Waals surface area contributed by atoms with Crippen LogP contribution in [0.3, 0.4) is 0 Å². The van der Waals surface area contributed by atoms with E-state index in [1.165, 1.54) is 0 Å². The summed E-state index contributed by atoms with van der Waals surface area (Å²) in [6, 6.07) is 0. The molecule has 0 heterocycles.